The molecule has 2 N–H and O–H groups in total. The van der Waals surface area contributed by atoms with Crippen LogP contribution in [0.2, 0.25) is 0 Å². The molecular weight excluding hydrogens is 459 g/mol. The number of nitrogens with zero attached hydrogens (tertiary/aromatic N) is 3. The highest BCUT2D eigenvalue weighted by Gasteiger charge is 2.48. The number of rotatable bonds is 2. The van der Waals surface area contributed by atoms with Crippen LogP contribution in [0.5, 0.6) is 5.75 Å². The highest BCUT2D eigenvalue weighted by Crippen LogP contribution is 2.47. The summed E-state index contributed by atoms with van der Waals surface area (Å²) >= 11 is 0. The lowest BCUT2D eigenvalue weighted by Crippen LogP contribution is -2.40. The molecule has 6 nitrogen and oxygen atoms in total. The summed E-state index contributed by atoms with van der Waals surface area (Å²) in [5.41, 5.74) is 6.72. The molecule has 0 saturated carbocycles. The molecule has 0 aromatic heterocycles. The molecule has 1 fully saturated rings. The number of carbonyl (C=O) groups is 1. The number of carbonyl (C=O) groups excluding carboxylic acids is 1. The quantitative estimate of drug-likeness (QED) is 0.636. The highest BCUT2D eigenvalue weighted by molar-refractivity contribution is 5.96. The monoisotopic (exact) mass is 480 g/mol. The van der Waals surface area contributed by atoms with E-state index in [1.165, 1.54) is 15.9 Å². The number of hydrogen-bond acceptors (Lipinski definition) is 5. The van der Waals surface area contributed by atoms with Crippen molar-refractivity contribution in [2.24, 2.45) is 10.7 Å². The van der Waals surface area contributed by atoms with Gasteiger partial charge in [-0.3, -0.25) is 4.79 Å². The smallest absolute Gasteiger partial charge is 0.416 e. The van der Waals surface area contributed by atoms with Crippen LogP contribution in [0.25, 0.3) is 0 Å². The van der Waals surface area contributed by atoms with Gasteiger partial charge in [-0.15, -0.1) is 0 Å². The van der Waals surface area contributed by atoms with Gasteiger partial charge in [0.05, 0.1) is 36.5 Å². The Kier molecular flexibility index (Phi) is 4.99. The Labute approximate surface area is 191 Å². The number of aliphatic imine (C=N–C) groups is 1. The molecule has 0 radical (unpaired) electrons. The van der Waals surface area contributed by atoms with Crippen molar-refractivity contribution in [2.45, 2.75) is 37.0 Å². The van der Waals surface area contributed by atoms with Crippen molar-refractivity contribution in [3.05, 3.63) is 58.7 Å². The second-order valence-corrected chi connectivity index (χ2v) is 8.77. The van der Waals surface area contributed by atoms with Crippen LogP contribution in [0.1, 0.15) is 52.0 Å². The number of halogens is 5. The molecule has 0 aliphatic carbocycles. The Morgan fingerprint density at radius 3 is 2.71 bits per heavy atom. The molecule has 1 amide bonds. The van der Waals surface area contributed by atoms with Gasteiger partial charge in [-0.2, -0.15) is 13.2 Å². The number of fused-ring (bicyclic) bond motifs is 4. The van der Waals surface area contributed by atoms with E-state index in [9.17, 15) is 26.7 Å². The van der Waals surface area contributed by atoms with Crippen LogP contribution in [-0.2, 0) is 6.18 Å². The van der Waals surface area contributed by atoms with E-state index in [2.05, 4.69) is 4.99 Å². The normalized spacial score (nSPS) is 22.8. The summed E-state index contributed by atoms with van der Waals surface area (Å²) in [5.74, 6) is -3.21. The molecule has 1 saturated heterocycles. The first-order chi connectivity index (χ1) is 15.9. The number of ether oxygens (including phenoxy) is 1. The number of alkyl halides is 5. The molecule has 2 atom stereocenters. The van der Waals surface area contributed by atoms with E-state index >= 15 is 0 Å². The summed E-state index contributed by atoms with van der Waals surface area (Å²) in [6.07, 6.45) is -4.54. The third-order valence-electron chi connectivity index (χ3n) is 6.57. The molecule has 0 unspecified atom stereocenters. The predicted octanol–water partition coefficient (Wildman–Crippen LogP) is 4.64. The SMILES string of the molecule is CN(C(=O)c1ccc2c(c1)[C@@H]1CC(F)(F)CN1C(N)=N2)[C@H]1CCOc2cc(C(F)(F)F)ccc21. The topological polar surface area (TPSA) is 71.2 Å². The van der Waals surface area contributed by atoms with Crippen LogP contribution < -0.4 is 10.5 Å². The molecule has 0 spiro atoms. The van der Waals surface area contributed by atoms with Gasteiger partial charge in [0.1, 0.15) is 5.75 Å². The molecule has 3 aliphatic rings. The number of hydrogen-bond donors (Lipinski definition) is 1. The lowest BCUT2D eigenvalue weighted by molar-refractivity contribution is -0.137. The molecular formula is C23H21F5N4O2. The van der Waals surface area contributed by atoms with Crippen molar-refractivity contribution in [3.8, 4) is 5.75 Å². The lowest BCUT2D eigenvalue weighted by Gasteiger charge is -2.34. The zero-order chi connectivity index (χ0) is 24.4. The van der Waals surface area contributed by atoms with Gasteiger partial charge < -0.3 is 20.3 Å². The van der Waals surface area contributed by atoms with Gasteiger partial charge in [-0.25, -0.2) is 13.8 Å². The first kappa shape index (κ1) is 22.4. The molecule has 180 valence electrons. The molecule has 11 heteroatoms. The number of amides is 1. The van der Waals surface area contributed by atoms with Gasteiger partial charge in [0.25, 0.3) is 11.8 Å². The number of nitrogens with two attached hydrogens (primary N) is 1. The minimum absolute atomic E-state index is 0.0166. The van der Waals surface area contributed by atoms with Crippen LogP contribution in [0, 0.1) is 0 Å². The minimum Gasteiger partial charge on any atom is -0.493 e. The van der Waals surface area contributed by atoms with Gasteiger partial charge >= 0.3 is 6.18 Å². The maximum atomic E-state index is 14.1. The van der Waals surface area contributed by atoms with Gasteiger partial charge in [0, 0.05) is 36.6 Å². The summed E-state index contributed by atoms with van der Waals surface area (Å²) < 4.78 is 72.8. The predicted molar refractivity (Wildman–Crippen MR) is 113 cm³/mol. The van der Waals surface area contributed by atoms with Crippen molar-refractivity contribution in [3.63, 3.8) is 0 Å². The minimum atomic E-state index is -4.51. The lowest BCUT2D eigenvalue weighted by atomic mass is 9.95. The van der Waals surface area contributed by atoms with E-state index in [0.717, 1.165) is 12.1 Å². The van der Waals surface area contributed by atoms with Gasteiger partial charge in [-0.1, -0.05) is 6.07 Å². The third-order valence-corrected chi connectivity index (χ3v) is 6.57. The standard InChI is InChI=1S/C23H21F5N4O2/c1-31(17-6-7-34-19-9-13(23(26,27)28)3-4-14(17)19)20(33)12-2-5-16-15(8-12)18-10-22(24,25)11-32(18)21(29)30-16/h2-5,8-9,17-18H,6-7,10-11H2,1H3,(H2,29,30)/t17-,18-/m0/s1. The largest absolute Gasteiger partial charge is 0.493 e. The number of guanidine groups is 1. The van der Waals surface area contributed by atoms with Crippen LogP contribution in [0.15, 0.2) is 41.4 Å². The van der Waals surface area contributed by atoms with E-state index < -0.39 is 42.7 Å². The molecule has 5 rings (SSSR count). The van der Waals surface area contributed by atoms with Gasteiger partial charge in [-0.05, 0) is 30.3 Å². The van der Waals surface area contributed by atoms with Crippen molar-refractivity contribution in [1.29, 1.82) is 0 Å². The Morgan fingerprint density at radius 1 is 1.21 bits per heavy atom. The van der Waals surface area contributed by atoms with Crippen molar-refractivity contribution >= 4 is 17.6 Å². The summed E-state index contributed by atoms with van der Waals surface area (Å²) in [6, 6.07) is 6.71. The second kappa shape index (κ2) is 7.57. The zero-order valence-electron chi connectivity index (χ0n) is 18.1. The highest BCUT2D eigenvalue weighted by atomic mass is 19.4. The average molecular weight is 480 g/mol. The summed E-state index contributed by atoms with van der Waals surface area (Å²) in [5, 5.41) is 0. The van der Waals surface area contributed by atoms with Gasteiger partial charge in [0.2, 0.25) is 0 Å². The van der Waals surface area contributed by atoms with Crippen LogP contribution in [0.4, 0.5) is 27.6 Å². The molecule has 3 heterocycles. The third kappa shape index (κ3) is 3.72. The summed E-state index contributed by atoms with van der Waals surface area (Å²) in [7, 11) is 1.56. The summed E-state index contributed by atoms with van der Waals surface area (Å²) in [6.45, 7) is -0.385. The van der Waals surface area contributed by atoms with Crippen molar-refractivity contribution in [1.82, 2.24) is 9.80 Å². The average Bonchev–Trinajstić information content (AvgIpc) is 3.12. The fraction of sp³-hybridized carbons (Fsp3) is 0.391. The fourth-order valence-electron chi connectivity index (χ4n) is 4.87. The van der Waals surface area contributed by atoms with E-state index in [-0.39, 0.29) is 29.8 Å². The molecule has 34 heavy (non-hydrogen) atoms. The van der Waals surface area contributed by atoms with E-state index in [0.29, 0.717) is 23.2 Å². The van der Waals surface area contributed by atoms with Gasteiger partial charge in [0.15, 0.2) is 5.96 Å². The maximum absolute atomic E-state index is 14.1. The Morgan fingerprint density at radius 2 is 1.97 bits per heavy atom. The molecule has 2 aromatic carbocycles. The van der Waals surface area contributed by atoms with Crippen molar-refractivity contribution in [2.75, 3.05) is 20.2 Å². The zero-order valence-corrected chi connectivity index (χ0v) is 18.1. The first-order valence-corrected chi connectivity index (χ1v) is 10.7. The fourth-order valence-corrected chi connectivity index (χ4v) is 4.87. The van der Waals surface area contributed by atoms with Crippen molar-refractivity contribution < 1.29 is 31.5 Å². The van der Waals surface area contributed by atoms with E-state index in [1.807, 2.05) is 0 Å². The van der Waals surface area contributed by atoms with Crippen LogP contribution in [-0.4, -0.2) is 47.8 Å². The Bertz CT molecular complexity index is 1200. The Balaban J connectivity index is 1.44. The maximum Gasteiger partial charge on any atom is 0.416 e. The molecule has 3 aliphatic heterocycles. The molecule has 2 aromatic rings. The van der Waals surface area contributed by atoms with E-state index in [1.54, 1.807) is 25.2 Å². The second-order valence-electron chi connectivity index (χ2n) is 8.77. The molecule has 0 bridgehead atoms. The number of benzene rings is 2. The summed E-state index contributed by atoms with van der Waals surface area (Å²) in [4.78, 5) is 20.3. The van der Waals surface area contributed by atoms with Crippen LogP contribution in [0.3, 0.4) is 0 Å². The first-order valence-electron chi connectivity index (χ1n) is 10.7. The Hall–Kier alpha value is -3.37. The van der Waals surface area contributed by atoms with E-state index in [4.69, 9.17) is 10.5 Å². The van der Waals surface area contributed by atoms with Crippen LogP contribution >= 0.6 is 0 Å².